The largest absolute Gasteiger partial charge is 0.424 e. The molecular formula is C7H5FINO2. The number of rotatable bonds is 1. The van der Waals surface area contributed by atoms with Crippen molar-refractivity contribution in [1.82, 2.24) is 4.98 Å². The first-order valence-electron chi connectivity index (χ1n) is 3.10. The van der Waals surface area contributed by atoms with Gasteiger partial charge in [-0.3, -0.25) is 4.79 Å². The van der Waals surface area contributed by atoms with Crippen LogP contribution in [-0.4, -0.2) is 11.0 Å². The van der Waals surface area contributed by atoms with Gasteiger partial charge in [-0.15, -0.1) is 0 Å². The van der Waals surface area contributed by atoms with Gasteiger partial charge in [0, 0.05) is 6.92 Å². The standard InChI is InChI=1S/C7H5FINO2/c1-4(11)12-5-2-3-6(8)10-7(5)9/h2-3H,1H3. The van der Waals surface area contributed by atoms with E-state index in [9.17, 15) is 9.18 Å². The third-order valence-electron chi connectivity index (χ3n) is 1.03. The van der Waals surface area contributed by atoms with Gasteiger partial charge in [-0.1, -0.05) is 0 Å². The number of carbonyl (C=O) groups excluding carboxylic acids is 1. The molecule has 1 heterocycles. The molecule has 0 aliphatic heterocycles. The van der Waals surface area contributed by atoms with Crippen LogP contribution in [0.4, 0.5) is 4.39 Å². The van der Waals surface area contributed by atoms with Gasteiger partial charge in [0.15, 0.2) is 5.75 Å². The summed E-state index contributed by atoms with van der Waals surface area (Å²) in [6.07, 6.45) is 0. The molecule has 0 N–H and O–H groups in total. The maximum Gasteiger partial charge on any atom is 0.308 e. The molecule has 1 aromatic heterocycles. The van der Waals surface area contributed by atoms with Gasteiger partial charge in [0.2, 0.25) is 5.95 Å². The molecule has 0 unspecified atom stereocenters. The van der Waals surface area contributed by atoms with Gasteiger partial charge in [0.05, 0.1) is 0 Å². The van der Waals surface area contributed by atoms with Crippen LogP contribution < -0.4 is 4.74 Å². The van der Waals surface area contributed by atoms with Crippen LogP contribution in [0.5, 0.6) is 5.75 Å². The second-order valence-corrected chi connectivity index (χ2v) is 3.04. The molecule has 0 aliphatic rings. The zero-order valence-corrected chi connectivity index (χ0v) is 8.33. The molecule has 0 aliphatic carbocycles. The predicted molar refractivity (Wildman–Crippen MR) is 48.2 cm³/mol. The van der Waals surface area contributed by atoms with E-state index in [0.29, 0.717) is 3.70 Å². The van der Waals surface area contributed by atoms with Crippen molar-refractivity contribution in [3.05, 3.63) is 21.8 Å². The number of nitrogens with zero attached hydrogens (tertiary/aromatic N) is 1. The summed E-state index contributed by atoms with van der Waals surface area (Å²) in [6, 6.07) is 2.51. The summed E-state index contributed by atoms with van der Waals surface area (Å²) < 4.78 is 17.5. The van der Waals surface area contributed by atoms with Crippen molar-refractivity contribution in [2.75, 3.05) is 0 Å². The van der Waals surface area contributed by atoms with E-state index < -0.39 is 11.9 Å². The van der Waals surface area contributed by atoms with E-state index in [0.717, 1.165) is 6.07 Å². The Morgan fingerprint density at radius 3 is 2.83 bits per heavy atom. The lowest BCUT2D eigenvalue weighted by Crippen LogP contribution is -2.04. The molecule has 0 atom stereocenters. The molecule has 0 bridgehead atoms. The number of halogens is 2. The molecule has 0 saturated carbocycles. The molecule has 0 amide bonds. The van der Waals surface area contributed by atoms with Crippen molar-refractivity contribution in [2.45, 2.75) is 6.92 Å². The Hall–Kier alpha value is -0.720. The van der Waals surface area contributed by atoms with Crippen LogP contribution in [0.15, 0.2) is 12.1 Å². The number of aromatic nitrogens is 1. The summed E-state index contributed by atoms with van der Waals surface area (Å²) in [5, 5.41) is 0. The van der Waals surface area contributed by atoms with Gasteiger partial charge >= 0.3 is 5.97 Å². The molecule has 5 heteroatoms. The van der Waals surface area contributed by atoms with Gasteiger partial charge in [-0.05, 0) is 34.7 Å². The molecule has 0 saturated heterocycles. The fourth-order valence-corrected chi connectivity index (χ4v) is 1.15. The van der Waals surface area contributed by atoms with Crippen LogP contribution in [-0.2, 0) is 4.79 Å². The molecule has 0 spiro atoms. The van der Waals surface area contributed by atoms with Crippen LogP contribution in [0, 0.1) is 9.65 Å². The van der Waals surface area contributed by atoms with Gasteiger partial charge < -0.3 is 4.74 Å². The van der Waals surface area contributed by atoms with E-state index >= 15 is 0 Å². The van der Waals surface area contributed by atoms with Gasteiger partial charge in [-0.2, -0.15) is 4.39 Å². The maximum absolute atomic E-state index is 12.4. The Morgan fingerprint density at radius 1 is 1.67 bits per heavy atom. The van der Waals surface area contributed by atoms with Crippen LogP contribution in [0.25, 0.3) is 0 Å². The quantitative estimate of drug-likeness (QED) is 0.447. The van der Waals surface area contributed by atoms with E-state index in [4.69, 9.17) is 4.74 Å². The highest BCUT2D eigenvalue weighted by Crippen LogP contribution is 2.18. The SMILES string of the molecule is CC(=O)Oc1ccc(F)nc1I. The molecule has 0 fully saturated rings. The first-order chi connectivity index (χ1) is 5.59. The minimum absolute atomic E-state index is 0.282. The van der Waals surface area contributed by atoms with Gasteiger partial charge in [0.1, 0.15) is 3.70 Å². The smallest absolute Gasteiger partial charge is 0.308 e. The van der Waals surface area contributed by atoms with Crippen LogP contribution in [0.3, 0.4) is 0 Å². The highest BCUT2D eigenvalue weighted by atomic mass is 127. The van der Waals surface area contributed by atoms with Crippen molar-refractivity contribution in [3.8, 4) is 5.75 Å². The first kappa shape index (κ1) is 9.37. The number of carbonyl (C=O) groups is 1. The third kappa shape index (κ3) is 2.40. The van der Waals surface area contributed by atoms with Crippen LogP contribution in [0.2, 0.25) is 0 Å². The van der Waals surface area contributed by atoms with E-state index in [2.05, 4.69) is 4.98 Å². The highest BCUT2D eigenvalue weighted by molar-refractivity contribution is 14.1. The number of esters is 1. The molecule has 0 aromatic carbocycles. The summed E-state index contributed by atoms with van der Waals surface area (Å²) in [5.74, 6) is -0.749. The lowest BCUT2D eigenvalue weighted by molar-refractivity contribution is -0.131. The Bertz CT molecular complexity index is 316. The Balaban J connectivity index is 2.93. The summed E-state index contributed by atoms with van der Waals surface area (Å²) in [6.45, 7) is 1.28. The zero-order chi connectivity index (χ0) is 9.14. The second kappa shape index (κ2) is 3.79. The van der Waals surface area contributed by atoms with E-state index in [1.807, 2.05) is 0 Å². The summed E-state index contributed by atoms with van der Waals surface area (Å²) >= 11 is 1.79. The van der Waals surface area contributed by atoms with Gasteiger partial charge in [0.25, 0.3) is 0 Å². The Morgan fingerprint density at radius 2 is 2.33 bits per heavy atom. The molecular weight excluding hydrogens is 276 g/mol. The lowest BCUT2D eigenvalue weighted by Gasteiger charge is -2.01. The first-order valence-corrected chi connectivity index (χ1v) is 4.18. The number of ether oxygens (including phenoxy) is 1. The highest BCUT2D eigenvalue weighted by Gasteiger charge is 2.05. The lowest BCUT2D eigenvalue weighted by atomic mass is 10.4. The minimum atomic E-state index is -0.588. The topological polar surface area (TPSA) is 39.2 Å². The molecule has 64 valence electrons. The molecule has 3 nitrogen and oxygen atoms in total. The van der Waals surface area contributed by atoms with Gasteiger partial charge in [-0.25, -0.2) is 4.98 Å². The van der Waals surface area contributed by atoms with E-state index in [1.165, 1.54) is 13.0 Å². The number of pyridine rings is 1. The summed E-state index contributed by atoms with van der Waals surface area (Å²) in [4.78, 5) is 14.0. The summed E-state index contributed by atoms with van der Waals surface area (Å²) in [5.41, 5.74) is 0. The molecule has 12 heavy (non-hydrogen) atoms. The second-order valence-electron chi connectivity index (χ2n) is 2.02. The zero-order valence-electron chi connectivity index (χ0n) is 6.17. The molecule has 0 radical (unpaired) electrons. The Kier molecular flexibility index (Phi) is 2.96. The van der Waals surface area contributed by atoms with Crippen molar-refractivity contribution in [1.29, 1.82) is 0 Å². The monoisotopic (exact) mass is 281 g/mol. The van der Waals surface area contributed by atoms with E-state index in [1.54, 1.807) is 22.6 Å². The maximum atomic E-state index is 12.4. The molecule has 1 aromatic rings. The number of hydrogen-bond acceptors (Lipinski definition) is 3. The summed E-state index contributed by atoms with van der Waals surface area (Å²) in [7, 11) is 0. The van der Waals surface area contributed by atoms with E-state index in [-0.39, 0.29) is 5.75 Å². The van der Waals surface area contributed by atoms with Crippen molar-refractivity contribution >= 4 is 28.6 Å². The minimum Gasteiger partial charge on any atom is -0.424 e. The van der Waals surface area contributed by atoms with Crippen LogP contribution in [0.1, 0.15) is 6.92 Å². The van der Waals surface area contributed by atoms with Crippen molar-refractivity contribution < 1.29 is 13.9 Å². The average Bonchev–Trinajstić information content (AvgIpc) is 1.94. The van der Waals surface area contributed by atoms with Crippen molar-refractivity contribution in [3.63, 3.8) is 0 Å². The third-order valence-corrected chi connectivity index (χ3v) is 1.81. The normalized spacial score (nSPS) is 9.58. The molecule has 1 rings (SSSR count). The number of hydrogen-bond donors (Lipinski definition) is 0. The van der Waals surface area contributed by atoms with Crippen LogP contribution >= 0.6 is 22.6 Å². The Labute approximate surface area is 82.1 Å². The fraction of sp³-hybridized carbons (Fsp3) is 0.143. The van der Waals surface area contributed by atoms with Crippen molar-refractivity contribution in [2.24, 2.45) is 0 Å². The predicted octanol–water partition coefficient (Wildman–Crippen LogP) is 1.75. The fourth-order valence-electron chi connectivity index (χ4n) is 0.630. The average molecular weight is 281 g/mol.